The summed E-state index contributed by atoms with van der Waals surface area (Å²) >= 11 is 0. The fourth-order valence-electron chi connectivity index (χ4n) is 1.68. The summed E-state index contributed by atoms with van der Waals surface area (Å²) in [6, 6.07) is -1.27. The smallest absolute Gasteiger partial charge is 0.333 e. The number of rotatable bonds is 6. The van der Waals surface area contributed by atoms with Gasteiger partial charge in [0.2, 0.25) is 0 Å². The maximum atomic E-state index is 11.9. The second kappa shape index (κ2) is 6.34. The lowest BCUT2D eigenvalue weighted by molar-refractivity contribution is 0.0888. The third-order valence-corrected chi connectivity index (χ3v) is 2.52. The lowest BCUT2D eigenvalue weighted by atomic mass is 10.3. The molecule has 0 bridgehead atoms. The van der Waals surface area contributed by atoms with Crippen LogP contribution in [0, 0.1) is 0 Å². The van der Waals surface area contributed by atoms with E-state index in [1.165, 1.54) is 0 Å². The van der Waals surface area contributed by atoms with Gasteiger partial charge in [-0.1, -0.05) is 6.58 Å². The van der Waals surface area contributed by atoms with E-state index in [4.69, 9.17) is 15.3 Å². The molecule has 8 nitrogen and oxygen atoms in total. The minimum absolute atomic E-state index is 0.00515. The van der Waals surface area contributed by atoms with E-state index in [1.807, 2.05) is 0 Å². The van der Waals surface area contributed by atoms with E-state index in [1.54, 1.807) is 0 Å². The summed E-state index contributed by atoms with van der Waals surface area (Å²) in [6.07, 6.45) is 0. The number of carbonyl (C=O) groups is 2. The second-order valence-corrected chi connectivity index (χ2v) is 3.61. The van der Waals surface area contributed by atoms with Gasteiger partial charge in [-0.05, 0) is 0 Å². The van der Waals surface area contributed by atoms with Gasteiger partial charge in [-0.15, -0.1) is 0 Å². The highest BCUT2D eigenvalue weighted by atomic mass is 16.3. The molecule has 0 aliphatic carbocycles. The van der Waals surface area contributed by atoms with Gasteiger partial charge in [0.15, 0.2) is 0 Å². The predicted molar refractivity (Wildman–Crippen MR) is 61.3 cm³/mol. The lowest BCUT2D eigenvalue weighted by Crippen LogP contribution is -2.60. The number of aliphatic hydroxyl groups excluding tert-OH is 3. The SMILES string of the molecule is C=C1N(CCO)C(=O)N(CCO)C(=O)N1CCO. The Morgan fingerprint density at radius 1 is 0.778 bits per heavy atom. The number of hydrogen-bond acceptors (Lipinski definition) is 5. The molecule has 1 aliphatic rings. The topological polar surface area (TPSA) is 105 Å². The first kappa shape index (κ1) is 14.4. The van der Waals surface area contributed by atoms with Crippen LogP contribution in [-0.4, -0.2) is 81.5 Å². The Hall–Kier alpha value is -1.64. The maximum absolute atomic E-state index is 11.9. The fraction of sp³-hybridized carbons (Fsp3) is 0.600. The van der Waals surface area contributed by atoms with Gasteiger partial charge in [0, 0.05) is 0 Å². The van der Waals surface area contributed by atoms with Gasteiger partial charge < -0.3 is 15.3 Å². The highest BCUT2D eigenvalue weighted by molar-refractivity contribution is 5.97. The Morgan fingerprint density at radius 3 is 1.44 bits per heavy atom. The number of urea groups is 2. The standard InChI is InChI=1S/C10H17N3O5/c1-8-11(2-5-14)9(17)13(4-7-16)10(18)12(8)3-6-15/h14-16H,1-7H2. The van der Waals surface area contributed by atoms with E-state index < -0.39 is 12.1 Å². The molecule has 4 amide bonds. The molecule has 0 aromatic rings. The molecule has 1 saturated heterocycles. The monoisotopic (exact) mass is 259 g/mol. The normalized spacial score (nSPS) is 16.8. The van der Waals surface area contributed by atoms with Crippen LogP contribution in [0.4, 0.5) is 9.59 Å². The molecule has 0 aromatic heterocycles. The molecule has 0 aromatic carbocycles. The van der Waals surface area contributed by atoms with Crippen LogP contribution in [0.15, 0.2) is 12.4 Å². The average Bonchev–Trinajstić information content (AvgIpc) is 2.35. The van der Waals surface area contributed by atoms with Crippen molar-refractivity contribution in [3.8, 4) is 0 Å². The summed E-state index contributed by atoms with van der Waals surface area (Å²) in [5, 5.41) is 26.6. The zero-order chi connectivity index (χ0) is 13.7. The van der Waals surface area contributed by atoms with Crippen LogP contribution in [0.3, 0.4) is 0 Å². The van der Waals surface area contributed by atoms with Crippen LogP contribution in [0.5, 0.6) is 0 Å². The quantitative estimate of drug-likeness (QED) is 0.544. The van der Waals surface area contributed by atoms with Crippen molar-refractivity contribution in [2.75, 3.05) is 39.5 Å². The number of β-amino-alcohol motifs (C(OH)–C–C–N with tert-alkyl or cyclic N) is 3. The van der Waals surface area contributed by atoms with Crippen molar-refractivity contribution in [2.45, 2.75) is 0 Å². The zero-order valence-corrected chi connectivity index (χ0v) is 9.95. The van der Waals surface area contributed by atoms with Crippen molar-refractivity contribution in [1.82, 2.24) is 14.7 Å². The van der Waals surface area contributed by atoms with Gasteiger partial charge in [0.05, 0.1) is 39.5 Å². The zero-order valence-electron chi connectivity index (χ0n) is 9.95. The molecule has 0 atom stereocenters. The molecule has 0 radical (unpaired) electrons. The van der Waals surface area contributed by atoms with E-state index in [-0.39, 0.29) is 45.3 Å². The summed E-state index contributed by atoms with van der Waals surface area (Å²) < 4.78 is 0. The third kappa shape index (κ3) is 2.61. The molecule has 1 rings (SSSR count). The van der Waals surface area contributed by atoms with Crippen molar-refractivity contribution in [3.05, 3.63) is 12.4 Å². The van der Waals surface area contributed by atoms with Gasteiger partial charge in [0.1, 0.15) is 5.82 Å². The number of amides is 4. The van der Waals surface area contributed by atoms with E-state index in [0.717, 1.165) is 14.7 Å². The molecule has 0 unspecified atom stereocenters. The third-order valence-electron chi connectivity index (χ3n) is 2.52. The lowest BCUT2D eigenvalue weighted by Gasteiger charge is -2.41. The Labute approximate surface area is 104 Å². The van der Waals surface area contributed by atoms with Crippen molar-refractivity contribution >= 4 is 12.1 Å². The first-order valence-corrected chi connectivity index (χ1v) is 5.50. The Balaban J connectivity index is 2.98. The summed E-state index contributed by atoms with van der Waals surface area (Å²) in [7, 11) is 0. The van der Waals surface area contributed by atoms with Crippen molar-refractivity contribution in [1.29, 1.82) is 0 Å². The maximum Gasteiger partial charge on any atom is 0.333 e. The van der Waals surface area contributed by atoms with Gasteiger partial charge in [0.25, 0.3) is 0 Å². The molecule has 1 heterocycles. The van der Waals surface area contributed by atoms with Gasteiger partial charge in [-0.25, -0.2) is 14.5 Å². The highest BCUT2D eigenvalue weighted by Gasteiger charge is 2.39. The Kier molecular flexibility index (Phi) is 5.08. The van der Waals surface area contributed by atoms with Gasteiger partial charge in [-0.3, -0.25) is 9.80 Å². The fourth-order valence-corrected chi connectivity index (χ4v) is 1.68. The number of aliphatic hydroxyl groups is 3. The highest BCUT2D eigenvalue weighted by Crippen LogP contribution is 2.20. The number of nitrogens with zero attached hydrogens (tertiary/aromatic N) is 3. The first-order valence-electron chi connectivity index (χ1n) is 5.50. The van der Waals surface area contributed by atoms with Crippen molar-refractivity contribution < 1.29 is 24.9 Å². The second-order valence-electron chi connectivity index (χ2n) is 3.61. The minimum Gasteiger partial charge on any atom is -0.395 e. The summed E-state index contributed by atoms with van der Waals surface area (Å²) in [6.45, 7) is 2.54. The Morgan fingerprint density at radius 2 is 1.11 bits per heavy atom. The van der Waals surface area contributed by atoms with Crippen LogP contribution >= 0.6 is 0 Å². The van der Waals surface area contributed by atoms with E-state index in [0.29, 0.717) is 0 Å². The van der Waals surface area contributed by atoms with Crippen molar-refractivity contribution in [3.63, 3.8) is 0 Å². The number of carbonyl (C=O) groups excluding carboxylic acids is 2. The van der Waals surface area contributed by atoms with Crippen LogP contribution in [0.25, 0.3) is 0 Å². The molecular weight excluding hydrogens is 242 g/mol. The van der Waals surface area contributed by atoms with E-state index in [2.05, 4.69) is 6.58 Å². The van der Waals surface area contributed by atoms with E-state index in [9.17, 15) is 9.59 Å². The molecular formula is C10H17N3O5. The van der Waals surface area contributed by atoms with Gasteiger partial charge >= 0.3 is 12.1 Å². The molecule has 0 spiro atoms. The van der Waals surface area contributed by atoms with Crippen molar-refractivity contribution in [2.24, 2.45) is 0 Å². The Bertz CT molecular complexity index is 276. The first-order chi connectivity index (χ1) is 8.58. The van der Waals surface area contributed by atoms with Crippen LogP contribution < -0.4 is 0 Å². The van der Waals surface area contributed by atoms with E-state index >= 15 is 0 Å². The summed E-state index contributed by atoms with van der Waals surface area (Å²) in [5.41, 5.74) is 0. The molecule has 18 heavy (non-hydrogen) atoms. The molecule has 1 fully saturated rings. The number of hydrogen-bond donors (Lipinski definition) is 3. The van der Waals surface area contributed by atoms with Gasteiger partial charge in [-0.2, -0.15) is 0 Å². The van der Waals surface area contributed by atoms with Crippen LogP contribution in [0.2, 0.25) is 0 Å². The molecule has 1 aliphatic heterocycles. The van der Waals surface area contributed by atoms with Crippen LogP contribution in [0.1, 0.15) is 0 Å². The number of imide groups is 1. The molecule has 3 N–H and O–H groups in total. The average molecular weight is 259 g/mol. The summed E-state index contributed by atoms with van der Waals surface area (Å²) in [5.74, 6) is 0.113. The predicted octanol–water partition coefficient (Wildman–Crippen LogP) is -1.41. The molecule has 0 saturated carbocycles. The molecule has 102 valence electrons. The minimum atomic E-state index is -0.637. The van der Waals surface area contributed by atoms with Crippen LogP contribution in [-0.2, 0) is 0 Å². The molecule has 8 heteroatoms. The largest absolute Gasteiger partial charge is 0.395 e. The summed E-state index contributed by atoms with van der Waals surface area (Å²) in [4.78, 5) is 27.0.